The smallest absolute Gasteiger partial charge is 0.245 e. The molecule has 0 atom stereocenters. The highest BCUT2D eigenvalue weighted by atomic mass is 16.2. The molecular formula is C14H32N2O. The monoisotopic (exact) mass is 244 g/mol. The van der Waals surface area contributed by atoms with Gasteiger partial charge >= 0.3 is 0 Å². The van der Waals surface area contributed by atoms with E-state index >= 15 is 0 Å². The van der Waals surface area contributed by atoms with Crippen molar-refractivity contribution in [2.45, 2.75) is 53.9 Å². The third-order valence-corrected chi connectivity index (χ3v) is 1.84. The Morgan fingerprint density at radius 1 is 1.18 bits per heavy atom. The Kier molecular flexibility index (Phi) is 26.0. The molecule has 0 saturated carbocycles. The highest BCUT2D eigenvalue weighted by molar-refractivity contribution is 5.86. The number of nitrogens with two attached hydrogens (primary N) is 1. The SMILES string of the molecule is C=CC(=O)N1CCCCC1.CC.CC.CCN. The van der Waals surface area contributed by atoms with Crippen LogP contribution in [0.2, 0.25) is 0 Å². The number of hydrogen-bond donors (Lipinski definition) is 1. The van der Waals surface area contributed by atoms with E-state index in [1.54, 1.807) is 0 Å². The minimum absolute atomic E-state index is 0.0831. The van der Waals surface area contributed by atoms with Crippen LogP contribution in [-0.2, 0) is 4.79 Å². The molecule has 1 rings (SSSR count). The van der Waals surface area contributed by atoms with E-state index in [1.165, 1.54) is 12.5 Å². The molecule has 1 fully saturated rings. The van der Waals surface area contributed by atoms with Crippen LogP contribution in [0.5, 0.6) is 0 Å². The zero-order chi connectivity index (χ0) is 14.1. The van der Waals surface area contributed by atoms with E-state index < -0.39 is 0 Å². The van der Waals surface area contributed by atoms with Gasteiger partial charge in [-0.1, -0.05) is 41.2 Å². The fourth-order valence-corrected chi connectivity index (χ4v) is 1.24. The van der Waals surface area contributed by atoms with Gasteiger partial charge in [-0.25, -0.2) is 0 Å². The number of amides is 1. The van der Waals surface area contributed by atoms with Gasteiger partial charge in [-0.05, 0) is 31.9 Å². The standard InChI is InChI=1S/C8H13NO.C2H7N.2C2H6/c1-2-8(10)9-6-4-3-5-7-9;1-2-3;2*1-2/h2H,1,3-7H2;2-3H2,1H3;2*1-2H3. The highest BCUT2D eigenvalue weighted by Gasteiger charge is 2.12. The summed E-state index contributed by atoms with van der Waals surface area (Å²) >= 11 is 0. The van der Waals surface area contributed by atoms with Gasteiger partial charge in [0, 0.05) is 13.1 Å². The molecule has 0 aromatic carbocycles. The van der Waals surface area contributed by atoms with E-state index in [4.69, 9.17) is 5.73 Å². The van der Waals surface area contributed by atoms with E-state index in [2.05, 4.69) is 6.58 Å². The molecule has 1 saturated heterocycles. The van der Waals surface area contributed by atoms with Gasteiger partial charge in [0.05, 0.1) is 0 Å². The number of carbonyl (C=O) groups excluding carboxylic acids is 1. The van der Waals surface area contributed by atoms with Gasteiger partial charge in [-0.3, -0.25) is 4.79 Å². The van der Waals surface area contributed by atoms with Gasteiger partial charge < -0.3 is 10.6 Å². The van der Waals surface area contributed by atoms with E-state index in [0.717, 1.165) is 32.5 Å². The van der Waals surface area contributed by atoms with Gasteiger partial charge in [-0.15, -0.1) is 0 Å². The Morgan fingerprint density at radius 3 is 1.82 bits per heavy atom. The van der Waals surface area contributed by atoms with Crippen molar-refractivity contribution in [2.24, 2.45) is 5.73 Å². The van der Waals surface area contributed by atoms with Crippen molar-refractivity contribution in [3.8, 4) is 0 Å². The second-order valence-electron chi connectivity index (χ2n) is 3.00. The molecule has 3 nitrogen and oxygen atoms in total. The second kappa shape index (κ2) is 20.6. The van der Waals surface area contributed by atoms with Crippen molar-refractivity contribution in [1.82, 2.24) is 4.90 Å². The van der Waals surface area contributed by atoms with Crippen molar-refractivity contribution in [3.05, 3.63) is 12.7 Å². The molecular weight excluding hydrogens is 212 g/mol. The average Bonchev–Trinajstić information content (AvgIpc) is 2.44. The third kappa shape index (κ3) is 15.2. The van der Waals surface area contributed by atoms with Gasteiger partial charge in [-0.2, -0.15) is 0 Å². The number of nitrogens with zero attached hydrogens (tertiary/aromatic N) is 1. The molecule has 0 spiro atoms. The maximum atomic E-state index is 11.0. The van der Waals surface area contributed by atoms with Crippen molar-refractivity contribution in [2.75, 3.05) is 19.6 Å². The third-order valence-electron chi connectivity index (χ3n) is 1.84. The second-order valence-corrected chi connectivity index (χ2v) is 3.00. The van der Waals surface area contributed by atoms with Gasteiger partial charge in [0.15, 0.2) is 0 Å². The fourth-order valence-electron chi connectivity index (χ4n) is 1.24. The molecule has 0 radical (unpaired) electrons. The van der Waals surface area contributed by atoms with Crippen LogP contribution in [0, 0.1) is 0 Å². The predicted molar refractivity (Wildman–Crippen MR) is 78.1 cm³/mol. The molecule has 0 aromatic heterocycles. The highest BCUT2D eigenvalue weighted by Crippen LogP contribution is 2.08. The number of likely N-dealkylation sites (tertiary alicyclic amines) is 1. The number of piperidine rings is 1. The summed E-state index contributed by atoms with van der Waals surface area (Å²) < 4.78 is 0. The van der Waals surface area contributed by atoms with E-state index in [-0.39, 0.29) is 5.91 Å². The van der Waals surface area contributed by atoms with Gasteiger partial charge in [0.1, 0.15) is 0 Å². The summed E-state index contributed by atoms with van der Waals surface area (Å²) in [4.78, 5) is 12.8. The van der Waals surface area contributed by atoms with Crippen LogP contribution >= 0.6 is 0 Å². The zero-order valence-corrected chi connectivity index (χ0v) is 12.5. The first-order valence-corrected chi connectivity index (χ1v) is 6.87. The van der Waals surface area contributed by atoms with Crippen LogP contribution in [0.25, 0.3) is 0 Å². The van der Waals surface area contributed by atoms with Crippen molar-refractivity contribution >= 4 is 5.91 Å². The molecule has 0 aromatic rings. The summed E-state index contributed by atoms with van der Waals surface area (Å²) in [5.74, 6) is 0.0831. The predicted octanol–water partition coefficient (Wildman–Crippen LogP) is 3.20. The number of rotatable bonds is 1. The lowest BCUT2D eigenvalue weighted by molar-refractivity contribution is -0.126. The first kappa shape index (κ1) is 21.5. The molecule has 0 aliphatic carbocycles. The van der Waals surface area contributed by atoms with Crippen LogP contribution in [0.4, 0.5) is 0 Å². The van der Waals surface area contributed by atoms with Crippen molar-refractivity contribution in [1.29, 1.82) is 0 Å². The largest absolute Gasteiger partial charge is 0.339 e. The van der Waals surface area contributed by atoms with Crippen LogP contribution in [0.1, 0.15) is 53.9 Å². The quantitative estimate of drug-likeness (QED) is 0.720. The number of hydrogen-bond acceptors (Lipinski definition) is 2. The molecule has 1 heterocycles. The maximum absolute atomic E-state index is 11.0. The van der Waals surface area contributed by atoms with Crippen molar-refractivity contribution < 1.29 is 4.79 Å². The molecule has 1 aliphatic rings. The first-order chi connectivity index (χ1) is 8.26. The maximum Gasteiger partial charge on any atom is 0.245 e. The molecule has 3 heteroatoms. The molecule has 1 aliphatic heterocycles. The molecule has 17 heavy (non-hydrogen) atoms. The van der Waals surface area contributed by atoms with Crippen LogP contribution in [-0.4, -0.2) is 30.4 Å². The van der Waals surface area contributed by atoms with Crippen LogP contribution < -0.4 is 5.73 Å². The Balaban J connectivity index is -0.000000239. The summed E-state index contributed by atoms with van der Waals surface area (Å²) in [5.41, 5.74) is 4.85. The normalized spacial score (nSPS) is 12.7. The Hall–Kier alpha value is -0.830. The average molecular weight is 244 g/mol. The topological polar surface area (TPSA) is 46.3 Å². The summed E-state index contributed by atoms with van der Waals surface area (Å²) in [6.45, 7) is 15.9. The molecule has 1 amide bonds. The Bertz CT molecular complexity index is 152. The summed E-state index contributed by atoms with van der Waals surface area (Å²) in [6.07, 6.45) is 4.96. The van der Waals surface area contributed by atoms with Gasteiger partial charge in [0.25, 0.3) is 0 Å². The van der Waals surface area contributed by atoms with E-state index in [9.17, 15) is 4.79 Å². The van der Waals surface area contributed by atoms with Gasteiger partial charge in [0.2, 0.25) is 5.91 Å². The Labute approximate surface area is 108 Å². The first-order valence-electron chi connectivity index (χ1n) is 6.87. The molecule has 0 unspecified atom stereocenters. The van der Waals surface area contributed by atoms with E-state index in [0.29, 0.717) is 0 Å². The Morgan fingerprint density at radius 2 is 1.53 bits per heavy atom. The van der Waals surface area contributed by atoms with Crippen LogP contribution in [0.15, 0.2) is 12.7 Å². The lowest BCUT2D eigenvalue weighted by atomic mass is 10.1. The molecule has 104 valence electrons. The minimum atomic E-state index is 0.0831. The van der Waals surface area contributed by atoms with E-state index in [1.807, 2.05) is 39.5 Å². The van der Waals surface area contributed by atoms with Crippen molar-refractivity contribution in [3.63, 3.8) is 0 Å². The summed E-state index contributed by atoms with van der Waals surface area (Å²) in [6, 6.07) is 0. The lowest BCUT2D eigenvalue weighted by Gasteiger charge is -2.25. The molecule has 0 bridgehead atoms. The minimum Gasteiger partial charge on any atom is -0.339 e. The summed E-state index contributed by atoms with van der Waals surface area (Å²) in [5, 5.41) is 0. The molecule has 2 N–H and O–H groups in total. The summed E-state index contributed by atoms with van der Waals surface area (Å²) in [7, 11) is 0. The van der Waals surface area contributed by atoms with Crippen LogP contribution in [0.3, 0.4) is 0 Å². The fraction of sp³-hybridized carbons (Fsp3) is 0.786. The number of carbonyl (C=O) groups is 1. The zero-order valence-electron chi connectivity index (χ0n) is 12.5. The lowest BCUT2D eigenvalue weighted by Crippen LogP contribution is -2.34.